The van der Waals surface area contributed by atoms with Crippen LogP contribution in [-0.4, -0.2) is 52.5 Å². The van der Waals surface area contributed by atoms with Gasteiger partial charge in [0.1, 0.15) is 12.3 Å². The highest BCUT2D eigenvalue weighted by atomic mass is 35.5. The van der Waals surface area contributed by atoms with E-state index in [1.165, 1.54) is 4.90 Å². The second-order valence-corrected chi connectivity index (χ2v) is 6.12. The number of ether oxygens (including phenoxy) is 1. The summed E-state index contributed by atoms with van der Waals surface area (Å²) in [5, 5.41) is 6.21. The number of rotatable bonds is 6. The van der Waals surface area contributed by atoms with Crippen LogP contribution in [0.3, 0.4) is 0 Å². The highest BCUT2D eigenvalue weighted by Crippen LogP contribution is 2.16. The highest BCUT2D eigenvalue weighted by Gasteiger charge is 2.27. The van der Waals surface area contributed by atoms with Crippen LogP contribution < -0.4 is 5.32 Å². The highest BCUT2D eigenvalue weighted by molar-refractivity contribution is 6.53. The van der Waals surface area contributed by atoms with Gasteiger partial charge in [-0.15, -0.1) is 0 Å². The van der Waals surface area contributed by atoms with Crippen molar-refractivity contribution in [1.82, 2.24) is 10.1 Å². The molecule has 22 heavy (non-hydrogen) atoms. The summed E-state index contributed by atoms with van der Waals surface area (Å²) in [4.78, 5) is 24.1. The number of aryl methyl sites for hydroxylation is 1. The monoisotopic (exact) mass is 349 g/mol. The molecule has 0 aromatic carbocycles. The van der Waals surface area contributed by atoms with Gasteiger partial charge in [0.15, 0.2) is 10.7 Å². The zero-order valence-corrected chi connectivity index (χ0v) is 13.6. The maximum atomic E-state index is 12.0. The van der Waals surface area contributed by atoms with E-state index in [2.05, 4.69) is 10.5 Å². The number of nitrogens with one attached hydrogen (secondary N) is 1. The van der Waals surface area contributed by atoms with Gasteiger partial charge in [-0.05, 0) is 19.8 Å². The fourth-order valence-electron chi connectivity index (χ4n) is 2.19. The van der Waals surface area contributed by atoms with Crippen molar-refractivity contribution in [3.05, 3.63) is 11.8 Å². The predicted octanol–water partition coefficient (Wildman–Crippen LogP) is 1.73. The minimum absolute atomic E-state index is 0.0990. The van der Waals surface area contributed by atoms with E-state index in [-0.39, 0.29) is 19.2 Å². The first kappa shape index (κ1) is 17.1. The van der Waals surface area contributed by atoms with E-state index in [0.29, 0.717) is 18.2 Å². The van der Waals surface area contributed by atoms with Crippen LogP contribution >= 0.6 is 23.2 Å². The van der Waals surface area contributed by atoms with Gasteiger partial charge < -0.3 is 19.5 Å². The number of alkyl halides is 2. The zero-order valence-electron chi connectivity index (χ0n) is 12.1. The summed E-state index contributed by atoms with van der Waals surface area (Å²) in [5.41, 5.74) is 0. The first-order valence-corrected chi connectivity index (χ1v) is 7.74. The number of nitrogens with zero attached hydrogens (tertiary/aromatic N) is 2. The van der Waals surface area contributed by atoms with E-state index in [1.54, 1.807) is 13.0 Å². The molecule has 9 heteroatoms. The van der Waals surface area contributed by atoms with E-state index in [1.807, 2.05) is 0 Å². The molecule has 1 aliphatic rings. The average Bonchev–Trinajstić information content (AvgIpc) is 3.09. The maximum absolute atomic E-state index is 12.0. The number of carbonyl (C=O) groups excluding carboxylic acids is 2. The molecular formula is C13H17Cl2N3O4. The molecule has 0 unspecified atom stereocenters. The molecule has 1 aliphatic heterocycles. The summed E-state index contributed by atoms with van der Waals surface area (Å²) >= 11 is 11.3. The Morgan fingerprint density at radius 1 is 1.55 bits per heavy atom. The smallest absolute Gasteiger partial charge is 0.256 e. The van der Waals surface area contributed by atoms with Crippen molar-refractivity contribution in [2.24, 2.45) is 0 Å². The van der Waals surface area contributed by atoms with Gasteiger partial charge in [0.05, 0.1) is 6.10 Å². The Hall–Kier alpha value is -1.31. The minimum Gasteiger partial charge on any atom is -0.376 e. The third kappa shape index (κ3) is 4.86. The Kier molecular flexibility index (Phi) is 6.05. The molecule has 2 amide bonds. The summed E-state index contributed by atoms with van der Waals surface area (Å²) in [5.74, 6) is -0.0663. The summed E-state index contributed by atoms with van der Waals surface area (Å²) < 4.78 is 10.3. The van der Waals surface area contributed by atoms with Crippen LogP contribution in [0.5, 0.6) is 0 Å². The van der Waals surface area contributed by atoms with Crippen molar-refractivity contribution in [1.29, 1.82) is 0 Å². The zero-order chi connectivity index (χ0) is 16.1. The quantitative estimate of drug-likeness (QED) is 0.790. The minimum atomic E-state index is -1.22. The number of halogens is 2. The Morgan fingerprint density at radius 3 is 2.86 bits per heavy atom. The molecule has 7 nitrogen and oxygen atoms in total. The molecule has 1 aromatic rings. The Labute approximate surface area is 137 Å². The van der Waals surface area contributed by atoms with Gasteiger partial charge in [0, 0.05) is 19.2 Å². The number of amides is 2. The van der Waals surface area contributed by atoms with Crippen molar-refractivity contribution in [3.8, 4) is 0 Å². The van der Waals surface area contributed by atoms with Crippen LogP contribution in [0.1, 0.15) is 18.6 Å². The van der Waals surface area contributed by atoms with Gasteiger partial charge in [-0.3, -0.25) is 9.59 Å². The molecule has 1 fully saturated rings. The van der Waals surface area contributed by atoms with E-state index in [9.17, 15) is 9.59 Å². The normalized spacial score (nSPS) is 17.7. The number of carbonyl (C=O) groups is 2. The van der Waals surface area contributed by atoms with Gasteiger partial charge >= 0.3 is 0 Å². The van der Waals surface area contributed by atoms with Crippen molar-refractivity contribution < 1.29 is 18.8 Å². The van der Waals surface area contributed by atoms with Crippen LogP contribution in [0.15, 0.2) is 10.6 Å². The number of aromatic nitrogens is 1. The van der Waals surface area contributed by atoms with Crippen molar-refractivity contribution >= 4 is 40.8 Å². The topological polar surface area (TPSA) is 84.7 Å². The predicted molar refractivity (Wildman–Crippen MR) is 80.9 cm³/mol. The fraction of sp³-hybridized carbons (Fsp3) is 0.615. The average molecular weight is 350 g/mol. The molecular weight excluding hydrogens is 333 g/mol. The van der Waals surface area contributed by atoms with E-state index >= 15 is 0 Å². The lowest BCUT2D eigenvalue weighted by molar-refractivity contribution is -0.134. The molecule has 122 valence electrons. The molecule has 0 aliphatic carbocycles. The Bertz CT molecular complexity index is 529. The largest absolute Gasteiger partial charge is 0.376 e. The summed E-state index contributed by atoms with van der Waals surface area (Å²) in [6, 6.07) is 1.58. The Morgan fingerprint density at radius 2 is 2.32 bits per heavy atom. The van der Waals surface area contributed by atoms with Gasteiger partial charge in [0.25, 0.3) is 5.91 Å². The molecule has 1 N–H and O–H groups in total. The second kappa shape index (κ2) is 7.80. The molecule has 0 radical (unpaired) electrons. The molecule has 0 bridgehead atoms. The third-order valence-corrected chi connectivity index (χ3v) is 3.55. The number of anilines is 1. The van der Waals surface area contributed by atoms with Gasteiger partial charge in [-0.2, -0.15) is 0 Å². The third-order valence-electron chi connectivity index (χ3n) is 3.18. The van der Waals surface area contributed by atoms with Crippen LogP contribution in [0.2, 0.25) is 0 Å². The number of hydrogen-bond donors (Lipinski definition) is 1. The van der Waals surface area contributed by atoms with Crippen LogP contribution in [0, 0.1) is 6.92 Å². The molecule has 2 rings (SSSR count). The lowest BCUT2D eigenvalue weighted by atomic mass is 10.2. The van der Waals surface area contributed by atoms with Crippen LogP contribution in [0.25, 0.3) is 0 Å². The maximum Gasteiger partial charge on any atom is 0.256 e. The Balaban J connectivity index is 1.95. The van der Waals surface area contributed by atoms with Crippen molar-refractivity contribution in [2.75, 3.05) is 25.0 Å². The number of hydrogen-bond acceptors (Lipinski definition) is 5. The SMILES string of the molecule is Cc1cc(NC(=O)CN(C[C@H]2CCCO2)C(=O)C(Cl)Cl)no1. The first-order chi connectivity index (χ1) is 10.5. The van der Waals surface area contributed by atoms with E-state index in [4.69, 9.17) is 32.5 Å². The van der Waals surface area contributed by atoms with Crippen LogP contribution in [-0.2, 0) is 14.3 Å². The molecule has 1 atom stereocenters. The summed E-state index contributed by atoms with van der Waals surface area (Å²) in [7, 11) is 0. The van der Waals surface area contributed by atoms with Crippen molar-refractivity contribution in [3.63, 3.8) is 0 Å². The van der Waals surface area contributed by atoms with E-state index in [0.717, 1.165) is 12.8 Å². The van der Waals surface area contributed by atoms with Gasteiger partial charge in [-0.25, -0.2) is 0 Å². The van der Waals surface area contributed by atoms with Crippen molar-refractivity contribution in [2.45, 2.75) is 30.7 Å². The van der Waals surface area contributed by atoms with Gasteiger partial charge in [-0.1, -0.05) is 28.4 Å². The van der Waals surface area contributed by atoms with E-state index < -0.39 is 16.7 Å². The standard InChI is InChI=1S/C13H17Cl2N3O4/c1-8-5-10(17-22-8)16-11(19)7-18(13(20)12(14)15)6-9-3-2-4-21-9/h5,9,12H,2-4,6-7H2,1H3,(H,16,17,19)/t9-/m1/s1. The molecule has 1 saturated heterocycles. The van der Waals surface area contributed by atoms with Gasteiger partial charge in [0.2, 0.25) is 5.91 Å². The lowest BCUT2D eigenvalue weighted by Crippen LogP contribution is -2.44. The molecule has 0 spiro atoms. The fourth-order valence-corrected chi connectivity index (χ4v) is 2.46. The lowest BCUT2D eigenvalue weighted by Gasteiger charge is -2.25. The molecule has 0 saturated carbocycles. The first-order valence-electron chi connectivity index (χ1n) is 6.87. The summed E-state index contributed by atoms with van der Waals surface area (Å²) in [6.45, 7) is 2.46. The molecule has 1 aromatic heterocycles. The second-order valence-electron chi connectivity index (χ2n) is 5.03. The summed E-state index contributed by atoms with van der Waals surface area (Å²) in [6.07, 6.45) is 1.67. The molecule has 2 heterocycles. The van der Waals surface area contributed by atoms with Crippen LogP contribution in [0.4, 0.5) is 5.82 Å².